The van der Waals surface area contributed by atoms with E-state index in [1.807, 2.05) is 18.2 Å². The van der Waals surface area contributed by atoms with E-state index < -0.39 is 0 Å². The minimum absolute atomic E-state index is 0.0188. The molecular weight excluding hydrogens is 360 g/mol. The third-order valence-electron chi connectivity index (χ3n) is 3.96. The molecule has 7 heteroatoms. The number of aliphatic imine (C=N–C) groups is 1. The number of terminal acetylenes is 1. The fourth-order valence-electron chi connectivity index (χ4n) is 2.85. The maximum Gasteiger partial charge on any atom is 0.276 e. The van der Waals surface area contributed by atoms with Gasteiger partial charge < -0.3 is 10.1 Å². The Balaban J connectivity index is 1.72. The lowest BCUT2D eigenvalue weighted by atomic mass is 10.0. The van der Waals surface area contributed by atoms with Crippen molar-refractivity contribution in [3.8, 4) is 12.3 Å². The molecule has 1 aliphatic heterocycles. The van der Waals surface area contributed by atoms with Crippen molar-refractivity contribution >= 4 is 39.5 Å². The summed E-state index contributed by atoms with van der Waals surface area (Å²) in [6, 6.07) is 5.89. The van der Waals surface area contributed by atoms with Gasteiger partial charge in [-0.25, -0.2) is 9.98 Å². The Labute approximate surface area is 162 Å². The number of aromatic nitrogens is 1. The van der Waals surface area contributed by atoms with Crippen molar-refractivity contribution in [2.75, 3.05) is 13.2 Å². The molecule has 2 heterocycles. The Morgan fingerprint density at radius 1 is 1.44 bits per heavy atom. The Bertz CT molecular complexity index is 923. The number of hydrogen-bond acceptors (Lipinski definition) is 6. The molecule has 1 atom stereocenters. The standard InChI is InChI=1S/C20H22N4O2S/c1-4-7-26-11-15(8-13(2)3)22-20-23-17(19(25)24-20)9-14-5-6-16-18(10-14)27-12-21-16/h1,5-6,9-10,12-13,15H,7-8,11H2,2-3H3,(H2,22,23,24,25)/b17-9-/t15-/m1/s1. The number of benzene rings is 1. The zero-order valence-electron chi connectivity index (χ0n) is 15.4. The average molecular weight is 382 g/mol. The van der Waals surface area contributed by atoms with Crippen LogP contribution < -0.4 is 10.6 Å². The molecule has 1 aliphatic rings. The van der Waals surface area contributed by atoms with Crippen LogP contribution in [0.4, 0.5) is 0 Å². The summed E-state index contributed by atoms with van der Waals surface area (Å²) in [7, 11) is 0. The minimum atomic E-state index is -0.227. The SMILES string of the molecule is C#CCOC[C@@H](CC(C)C)NC1=N/C(=C\c2ccc3ncsc3c2)C(=O)N1. The normalized spacial score (nSPS) is 16.4. The summed E-state index contributed by atoms with van der Waals surface area (Å²) in [5, 5.41) is 6.03. The Morgan fingerprint density at radius 3 is 3.07 bits per heavy atom. The fourth-order valence-corrected chi connectivity index (χ4v) is 3.57. The van der Waals surface area contributed by atoms with E-state index in [1.165, 1.54) is 0 Å². The molecule has 140 valence electrons. The number of ether oxygens (including phenoxy) is 1. The molecule has 2 aromatic rings. The van der Waals surface area contributed by atoms with Gasteiger partial charge >= 0.3 is 0 Å². The number of carbonyl (C=O) groups excluding carboxylic acids is 1. The fraction of sp³-hybridized carbons (Fsp3) is 0.350. The van der Waals surface area contributed by atoms with E-state index in [1.54, 1.807) is 22.9 Å². The van der Waals surface area contributed by atoms with E-state index in [0.717, 1.165) is 22.2 Å². The van der Waals surface area contributed by atoms with Gasteiger partial charge in [0, 0.05) is 0 Å². The van der Waals surface area contributed by atoms with Gasteiger partial charge in [0.25, 0.3) is 5.91 Å². The molecule has 1 aromatic heterocycles. The third kappa shape index (κ3) is 5.16. The predicted octanol–water partition coefficient (Wildman–Crippen LogP) is 2.78. The van der Waals surface area contributed by atoms with E-state index in [-0.39, 0.29) is 18.6 Å². The first-order chi connectivity index (χ1) is 13.0. The van der Waals surface area contributed by atoms with Crippen LogP contribution in [0.15, 0.2) is 34.4 Å². The van der Waals surface area contributed by atoms with Crippen molar-refractivity contribution in [1.29, 1.82) is 0 Å². The summed E-state index contributed by atoms with van der Waals surface area (Å²) in [4.78, 5) is 20.9. The third-order valence-corrected chi connectivity index (χ3v) is 4.75. The predicted molar refractivity (Wildman–Crippen MR) is 109 cm³/mol. The first-order valence-electron chi connectivity index (χ1n) is 8.78. The zero-order chi connectivity index (χ0) is 19.2. The highest BCUT2D eigenvalue weighted by Crippen LogP contribution is 2.21. The first kappa shape index (κ1) is 19.1. The highest BCUT2D eigenvalue weighted by Gasteiger charge is 2.22. The van der Waals surface area contributed by atoms with Gasteiger partial charge in [-0.15, -0.1) is 17.8 Å². The molecule has 1 aromatic carbocycles. The van der Waals surface area contributed by atoms with Gasteiger partial charge in [0.2, 0.25) is 5.96 Å². The second-order valence-electron chi connectivity index (χ2n) is 6.71. The van der Waals surface area contributed by atoms with Crippen molar-refractivity contribution in [3.63, 3.8) is 0 Å². The van der Waals surface area contributed by atoms with Gasteiger partial charge in [0.05, 0.1) is 28.4 Å². The van der Waals surface area contributed by atoms with Gasteiger partial charge in [0.15, 0.2) is 0 Å². The van der Waals surface area contributed by atoms with E-state index in [4.69, 9.17) is 11.2 Å². The molecule has 2 N–H and O–H groups in total. The Kier molecular flexibility index (Phi) is 6.22. The van der Waals surface area contributed by atoms with Gasteiger partial charge in [-0.1, -0.05) is 25.8 Å². The Morgan fingerprint density at radius 2 is 2.30 bits per heavy atom. The lowest BCUT2D eigenvalue weighted by Gasteiger charge is -2.20. The highest BCUT2D eigenvalue weighted by atomic mass is 32.1. The lowest BCUT2D eigenvalue weighted by molar-refractivity contribution is -0.115. The van der Waals surface area contributed by atoms with E-state index in [9.17, 15) is 4.79 Å². The molecule has 0 saturated heterocycles. The number of carbonyl (C=O) groups is 1. The molecular formula is C20H22N4O2S. The van der Waals surface area contributed by atoms with Crippen LogP contribution in [0.25, 0.3) is 16.3 Å². The van der Waals surface area contributed by atoms with Crippen LogP contribution in [0, 0.1) is 18.3 Å². The second-order valence-corrected chi connectivity index (χ2v) is 7.60. The van der Waals surface area contributed by atoms with E-state index >= 15 is 0 Å². The van der Waals surface area contributed by atoms with Gasteiger partial charge in [-0.3, -0.25) is 10.1 Å². The van der Waals surface area contributed by atoms with Gasteiger partial charge in [0.1, 0.15) is 12.3 Å². The molecule has 27 heavy (non-hydrogen) atoms. The molecule has 1 amide bonds. The smallest absolute Gasteiger partial charge is 0.276 e. The van der Waals surface area contributed by atoms with Crippen LogP contribution in [0.1, 0.15) is 25.8 Å². The maximum absolute atomic E-state index is 12.3. The molecule has 0 aliphatic carbocycles. The summed E-state index contributed by atoms with van der Waals surface area (Å²) >= 11 is 1.57. The van der Waals surface area contributed by atoms with Crippen molar-refractivity contribution in [3.05, 3.63) is 35.0 Å². The number of nitrogens with zero attached hydrogens (tertiary/aromatic N) is 2. The van der Waals surface area contributed by atoms with Crippen LogP contribution in [0.5, 0.6) is 0 Å². The van der Waals surface area contributed by atoms with Crippen molar-refractivity contribution in [2.24, 2.45) is 10.9 Å². The summed E-state index contributed by atoms with van der Waals surface area (Å²) < 4.78 is 6.53. The lowest BCUT2D eigenvalue weighted by Crippen LogP contribution is -2.45. The zero-order valence-corrected chi connectivity index (χ0v) is 16.2. The monoisotopic (exact) mass is 382 g/mol. The van der Waals surface area contributed by atoms with Gasteiger partial charge in [-0.05, 0) is 36.1 Å². The molecule has 0 unspecified atom stereocenters. The van der Waals surface area contributed by atoms with Crippen LogP contribution in [0.3, 0.4) is 0 Å². The van der Waals surface area contributed by atoms with Crippen LogP contribution >= 0.6 is 11.3 Å². The Hall–Kier alpha value is -2.69. The second kappa shape index (κ2) is 8.80. The summed E-state index contributed by atoms with van der Waals surface area (Å²) in [5.41, 5.74) is 4.04. The number of amides is 1. The van der Waals surface area contributed by atoms with Gasteiger partial charge in [-0.2, -0.15) is 0 Å². The highest BCUT2D eigenvalue weighted by molar-refractivity contribution is 7.16. The number of guanidine groups is 1. The quantitative estimate of drug-likeness (QED) is 0.439. The molecule has 0 spiro atoms. The average Bonchev–Trinajstić information content (AvgIpc) is 3.21. The number of hydrogen-bond donors (Lipinski definition) is 2. The molecule has 3 rings (SSSR count). The summed E-state index contributed by atoms with van der Waals surface area (Å²) in [5.74, 6) is 3.15. The van der Waals surface area contributed by atoms with E-state index in [2.05, 4.69) is 40.4 Å². The number of thiazole rings is 1. The minimum Gasteiger partial charge on any atom is -0.367 e. The van der Waals surface area contributed by atoms with Crippen LogP contribution in [-0.2, 0) is 9.53 Å². The molecule has 0 fully saturated rings. The summed E-state index contributed by atoms with van der Waals surface area (Å²) in [6.45, 7) is 4.98. The number of rotatable bonds is 7. The largest absolute Gasteiger partial charge is 0.367 e. The van der Waals surface area contributed by atoms with Crippen LogP contribution in [0.2, 0.25) is 0 Å². The van der Waals surface area contributed by atoms with Crippen molar-refractivity contribution in [2.45, 2.75) is 26.3 Å². The number of fused-ring (bicyclic) bond motifs is 1. The van der Waals surface area contributed by atoms with Crippen molar-refractivity contribution < 1.29 is 9.53 Å². The molecule has 6 nitrogen and oxygen atoms in total. The molecule has 0 saturated carbocycles. The topological polar surface area (TPSA) is 75.6 Å². The first-order valence-corrected chi connectivity index (χ1v) is 9.66. The van der Waals surface area contributed by atoms with Crippen LogP contribution in [-0.4, -0.2) is 36.1 Å². The number of nitrogens with one attached hydrogen (secondary N) is 2. The molecule has 0 radical (unpaired) electrons. The van der Waals surface area contributed by atoms with Crippen molar-refractivity contribution in [1.82, 2.24) is 15.6 Å². The molecule has 0 bridgehead atoms. The maximum atomic E-state index is 12.3. The summed E-state index contributed by atoms with van der Waals surface area (Å²) in [6.07, 6.45) is 7.88. The van der Waals surface area contributed by atoms with E-state index in [0.29, 0.717) is 24.2 Å².